The number of rotatable bonds is 2. The Balaban J connectivity index is 2.83. The summed E-state index contributed by atoms with van der Waals surface area (Å²) < 4.78 is 1.75. The zero-order chi connectivity index (χ0) is 8.27. The Kier molecular flexibility index (Phi) is 2.91. The minimum absolute atomic E-state index is 0.439. The zero-order valence-corrected chi connectivity index (χ0v) is 7.51. The minimum atomic E-state index is -0.439. The van der Waals surface area contributed by atoms with Gasteiger partial charge < -0.3 is 5.11 Å². The molecule has 1 heterocycles. The van der Waals surface area contributed by atoms with E-state index in [4.69, 9.17) is 5.11 Å². The van der Waals surface area contributed by atoms with E-state index in [0.717, 1.165) is 0 Å². The minimum Gasteiger partial charge on any atom is -0.337 e. The van der Waals surface area contributed by atoms with Crippen molar-refractivity contribution < 1.29 is 9.67 Å². The largest absolute Gasteiger partial charge is 0.337 e. The van der Waals surface area contributed by atoms with Gasteiger partial charge in [-0.3, -0.25) is 0 Å². The molecular weight excluding hydrogens is 158 g/mol. The number of hydrogen-bond donors (Lipinski definition) is 1. The summed E-state index contributed by atoms with van der Waals surface area (Å²) in [6.45, 7) is 1.73. The van der Waals surface area contributed by atoms with Gasteiger partial charge in [-0.2, -0.15) is 4.57 Å². The Morgan fingerprint density at radius 1 is 1.45 bits per heavy atom. The third-order valence-electron chi connectivity index (χ3n) is 1.49. The highest BCUT2D eigenvalue weighted by molar-refractivity contribution is 7.98. The van der Waals surface area contributed by atoms with Gasteiger partial charge in [0.05, 0.1) is 0 Å². The fourth-order valence-electron chi connectivity index (χ4n) is 0.809. The molecule has 11 heavy (non-hydrogen) atoms. The average Bonchev–Trinajstić information content (AvgIpc) is 2.05. The summed E-state index contributed by atoms with van der Waals surface area (Å²) in [4.78, 5) is 1.21. The fourth-order valence-corrected chi connectivity index (χ4v) is 1.20. The van der Waals surface area contributed by atoms with Crippen molar-refractivity contribution in [2.45, 2.75) is 18.0 Å². The van der Waals surface area contributed by atoms with Crippen LogP contribution in [0.15, 0.2) is 29.4 Å². The maximum Gasteiger partial charge on any atom is 0.257 e. The highest BCUT2D eigenvalue weighted by Gasteiger charge is 2.05. The molecule has 1 aromatic rings. The molecule has 1 unspecified atom stereocenters. The molecule has 0 fully saturated rings. The van der Waals surface area contributed by atoms with Crippen LogP contribution < -0.4 is 4.57 Å². The number of pyridine rings is 1. The summed E-state index contributed by atoms with van der Waals surface area (Å²) in [7, 11) is 0. The smallest absolute Gasteiger partial charge is 0.257 e. The van der Waals surface area contributed by atoms with E-state index in [-0.39, 0.29) is 0 Å². The van der Waals surface area contributed by atoms with E-state index in [2.05, 4.69) is 0 Å². The molecule has 0 radical (unpaired) electrons. The lowest BCUT2D eigenvalue weighted by molar-refractivity contribution is -0.756. The first-order valence-corrected chi connectivity index (χ1v) is 4.69. The first-order valence-electron chi connectivity index (χ1n) is 3.47. The number of aliphatic hydroxyl groups excluding tert-OH is 1. The van der Waals surface area contributed by atoms with Crippen molar-refractivity contribution in [3.05, 3.63) is 24.5 Å². The molecule has 0 aromatic carbocycles. The van der Waals surface area contributed by atoms with Gasteiger partial charge in [0.2, 0.25) is 0 Å². The SMILES string of the molecule is CSc1cc[n+](C(C)O)cc1. The van der Waals surface area contributed by atoms with E-state index < -0.39 is 6.23 Å². The summed E-state index contributed by atoms with van der Waals surface area (Å²) in [6.07, 6.45) is 5.33. The molecule has 1 atom stereocenters. The van der Waals surface area contributed by atoms with E-state index in [9.17, 15) is 0 Å². The Morgan fingerprint density at radius 3 is 2.36 bits per heavy atom. The lowest BCUT2D eigenvalue weighted by Gasteiger charge is -1.98. The molecule has 0 aliphatic rings. The van der Waals surface area contributed by atoms with E-state index >= 15 is 0 Å². The van der Waals surface area contributed by atoms with E-state index in [1.807, 2.05) is 30.8 Å². The molecule has 1 aromatic heterocycles. The molecule has 60 valence electrons. The number of nitrogens with zero attached hydrogens (tertiary/aromatic N) is 1. The second-order valence-corrected chi connectivity index (χ2v) is 3.20. The van der Waals surface area contributed by atoms with Crippen LogP contribution >= 0.6 is 11.8 Å². The summed E-state index contributed by atoms with van der Waals surface area (Å²) in [5.41, 5.74) is 0. The number of aliphatic hydroxyl groups is 1. The first kappa shape index (κ1) is 8.56. The molecule has 3 heteroatoms. The molecular formula is C8H12NOS+. The number of thioether (sulfide) groups is 1. The van der Waals surface area contributed by atoms with Crippen molar-refractivity contribution >= 4 is 11.8 Å². The van der Waals surface area contributed by atoms with Crippen LogP contribution in [0.5, 0.6) is 0 Å². The molecule has 0 aliphatic carbocycles. The highest BCUT2D eigenvalue weighted by atomic mass is 32.2. The van der Waals surface area contributed by atoms with Crippen LogP contribution in [0.4, 0.5) is 0 Å². The zero-order valence-electron chi connectivity index (χ0n) is 6.69. The van der Waals surface area contributed by atoms with Gasteiger partial charge in [-0.15, -0.1) is 11.8 Å². The summed E-state index contributed by atoms with van der Waals surface area (Å²) >= 11 is 1.69. The molecule has 2 nitrogen and oxygen atoms in total. The van der Waals surface area contributed by atoms with Crippen molar-refractivity contribution in [2.75, 3.05) is 6.26 Å². The van der Waals surface area contributed by atoms with Crippen LogP contribution in [-0.2, 0) is 0 Å². The van der Waals surface area contributed by atoms with Gasteiger partial charge >= 0.3 is 0 Å². The van der Waals surface area contributed by atoms with Crippen LogP contribution in [0, 0.1) is 0 Å². The fraction of sp³-hybridized carbons (Fsp3) is 0.375. The third kappa shape index (κ3) is 2.20. The van der Waals surface area contributed by atoms with Crippen molar-refractivity contribution in [3.63, 3.8) is 0 Å². The van der Waals surface area contributed by atoms with Gasteiger partial charge in [-0.05, 0) is 6.26 Å². The Labute approximate surface area is 70.9 Å². The van der Waals surface area contributed by atoms with E-state index in [0.29, 0.717) is 0 Å². The van der Waals surface area contributed by atoms with Crippen LogP contribution in [0.3, 0.4) is 0 Å². The Hall–Kier alpha value is -0.540. The molecule has 1 rings (SSSR count). The van der Waals surface area contributed by atoms with Gasteiger partial charge in [0.1, 0.15) is 0 Å². The van der Waals surface area contributed by atoms with Crippen molar-refractivity contribution in [2.24, 2.45) is 0 Å². The topological polar surface area (TPSA) is 24.1 Å². The molecule has 0 amide bonds. The molecule has 1 N–H and O–H groups in total. The predicted molar refractivity (Wildman–Crippen MR) is 45.3 cm³/mol. The second kappa shape index (κ2) is 3.74. The summed E-state index contributed by atoms with van der Waals surface area (Å²) in [6, 6.07) is 3.97. The first-order chi connectivity index (χ1) is 5.24. The maximum atomic E-state index is 9.14. The maximum absolute atomic E-state index is 9.14. The summed E-state index contributed by atoms with van der Waals surface area (Å²) in [5, 5.41) is 9.14. The van der Waals surface area contributed by atoms with Crippen LogP contribution in [0.1, 0.15) is 13.2 Å². The van der Waals surface area contributed by atoms with Crippen LogP contribution in [0.2, 0.25) is 0 Å². The van der Waals surface area contributed by atoms with E-state index in [1.54, 1.807) is 23.3 Å². The molecule has 0 saturated heterocycles. The molecule has 0 bridgehead atoms. The Morgan fingerprint density at radius 2 is 2.00 bits per heavy atom. The van der Waals surface area contributed by atoms with Crippen molar-refractivity contribution in [1.29, 1.82) is 0 Å². The van der Waals surface area contributed by atoms with Crippen molar-refractivity contribution in [3.8, 4) is 0 Å². The lowest BCUT2D eigenvalue weighted by atomic mass is 10.4. The molecule has 0 spiro atoms. The summed E-state index contributed by atoms with van der Waals surface area (Å²) in [5.74, 6) is 0. The highest BCUT2D eigenvalue weighted by Crippen LogP contribution is 2.10. The monoisotopic (exact) mass is 170 g/mol. The number of aromatic nitrogens is 1. The van der Waals surface area contributed by atoms with Gasteiger partial charge in [-0.25, -0.2) is 0 Å². The molecule has 0 saturated carbocycles. The van der Waals surface area contributed by atoms with Crippen LogP contribution in [-0.4, -0.2) is 11.4 Å². The lowest BCUT2D eigenvalue weighted by Crippen LogP contribution is -2.36. The standard InChI is InChI=1S/C8H12NOS/c1-7(10)9-5-3-8(11-2)4-6-9/h3-7,10H,1-2H3/q+1. The normalized spacial score (nSPS) is 13.0. The second-order valence-electron chi connectivity index (χ2n) is 2.32. The van der Waals surface area contributed by atoms with Crippen molar-refractivity contribution in [1.82, 2.24) is 0 Å². The van der Waals surface area contributed by atoms with E-state index in [1.165, 1.54) is 4.90 Å². The van der Waals surface area contributed by atoms with Gasteiger partial charge in [-0.1, -0.05) is 0 Å². The third-order valence-corrected chi connectivity index (χ3v) is 2.23. The quantitative estimate of drug-likeness (QED) is 0.533. The van der Waals surface area contributed by atoms with Gasteiger partial charge in [0.15, 0.2) is 12.4 Å². The number of hydrogen-bond acceptors (Lipinski definition) is 2. The average molecular weight is 170 g/mol. The predicted octanol–water partition coefficient (Wildman–Crippen LogP) is 1.21. The molecule has 0 aliphatic heterocycles. The van der Waals surface area contributed by atoms with Gasteiger partial charge in [0.25, 0.3) is 6.23 Å². The van der Waals surface area contributed by atoms with Gasteiger partial charge in [0, 0.05) is 24.0 Å². The Bertz CT molecular complexity index is 220. The van der Waals surface area contributed by atoms with Crippen LogP contribution in [0.25, 0.3) is 0 Å².